The number of anilines is 1. The molecule has 0 bridgehead atoms. The molecule has 2 heterocycles. The third-order valence-electron chi connectivity index (χ3n) is 3.63. The molecule has 0 aromatic carbocycles. The maximum Gasteiger partial charge on any atom is 0.321 e. The molecule has 1 fully saturated rings. The molecule has 0 unspecified atom stereocenters. The lowest BCUT2D eigenvalue weighted by atomic mass is 10.2. The van der Waals surface area contributed by atoms with Gasteiger partial charge in [-0.3, -0.25) is 10.3 Å². The molecule has 2 amide bonds. The Morgan fingerprint density at radius 1 is 1.38 bits per heavy atom. The van der Waals surface area contributed by atoms with Crippen molar-refractivity contribution >= 4 is 22.5 Å². The van der Waals surface area contributed by atoms with Crippen molar-refractivity contribution in [2.45, 2.75) is 38.6 Å². The van der Waals surface area contributed by atoms with E-state index in [9.17, 15) is 4.79 Å². The standard InChI is InChI=1S/C15H18N4OS/c1-10-13(11-5-4-8-16-9-11)21-15(17-10)19-14(20)18-12-6-2-3-7-12/h4-5,8-9,12H,2-3,6-7H2,1H3,(H2,17,18,19,20). The van der Waals surface area contributed by atoms with Crippen LogP contribution in [0.25, 0.3) is 10.4 Å². The zero-order valence-corrected chi connectivity index (χ0v) is 12.7. The first-order valence-electron chi connectivity index (χ1n) is 7.18. The highest BCUT2D eigenvalue weighted by atomic mass is 32.1. The normalized spacial score (nSPS) is 15.1. The van der Waals surface area contributed by atoms with Crippen LogP contribution in [0.15, 0.2) is 24.5 Å². The predicted octanol–water partition coefficient (Wildman–Crippen LogP) is 3.58. The van der Waals surface area contributed by atoms with E-state index < -0.39 is 0 Å². The highest BCUT2D eigenvalue weighted by molar-refractivity contribution is 7.19. The number of nitrogens with one attached hydrogen (secondary N) is 2. The number of pyridine rings is 1. The van der Waals surface area contributed by atoms with Crippen molar-refractivity contribution < 1.29 is 4.79 Å². The van der Waals surface area contributed by atoms with Crippen LogP contribution in [0.5, 0.6) is 0 Å². The minimum atomic E-state index is -0.159. The first-order valence-corrected chi connectivity index (χ1v) is 7.99. The number of nitrogens with zero attached hydrogens (tertiary/aromatic N) is 2. The fourth-order valence-electron chi connectivity index (χ4n) is 2.60. The number of amides is 2. The maximum atomic E-state index is 12.0. The topological polar surface area (TPSA) is 66.9 Å². The summed E-state index contributed by atoms with van der Waals surface area (Å²) in [4.78, 5) is 21.5. The third kappa shape index (κ3) is 3.39. The minimum Gasteiger partial charge on any atom is -0.335 e. The molecule has 0 aliphatic heterocycles. The fourth-order valence-corrected chi connectivity index (χ4v) is 3.56. The van der Waals surface area contributed by atoms with Gasteiger partial charge in [0, 0.05) is 24.0 Å². The van der Waals surface area contributed by atoms with Gasteiger partial charge in [0.15, 0.2) is 5.13 Å². The third-order valence-corrected chi connectivity index (χ3v) is 4.75. The van der Waals surface area contributed by atoms with Crippen LogP contribution < -0.4 is 10.6 Å². The van der Waals surface area contributed by atoms with E-state index >= 15 is 0 Å². The minimum absolute atomic E-state index is 0.159. The summed E-state index contributed by atoms with van der Waals surface area (Å²) in [7, 11) is 0. The van der Waals surface area contributed by atoms with Gasteiger partial charge >= 0.3 is 6.03 Å². The van der Waals surface area contributed by atoms with Gasteiger partial charge in [-0.25, -0.2) is 9.78 Å². The van der Waals surface area contributed by atoms with Crippen molar-refractivity contribution in [3.63, 3.8) is 0 Å². The summed E-state index contributed by atoms with van der Waals surface area (Å²) in [5, 5.41) is 6.46. The number of aryl methyl sites for hydroxylation is 1. The largest absolute Gasteiger partial charge is 0.335 e. The molecule has 3 rings (SSSR count). The molecule has 0 atom stereocenters. The second-order valence-corrected chi connectivity index (χ2v) is 6.25. The summed E-state index contributed by atoms with van der Waals surface area (Å²) in [5.74, 6) is 0. The first kappa shape index (κ1) is 14.0. The molecular weight excluding hydrogens is 284 g/mol. The molecular formula is C15H18N4OS. The molecule has 110 valence electrons. The van der Waals surface area contributed by atoms with Crippen molar-refractivity contribution in [2.24, 2.45) is 0 Å². The number of thiazole rings is 1. The molecule has 2 aromatic heterocycles. The Labute approximate surface area is 127 Å². The number of rotatable bonds is 3. The van der Waals surface area contributed by atoms with Crippen LogP contribution in [-0.4, -0.2) is 22.0 Å². The number of carbonyl (C=O) groups is 1. The van der Waals surface area contributed by atoms with Crippen LogP contribution in [0.4, 0.5) is 9.93 Å². The smallest absolute Gasteiger partial charge is 0.321 e. The second-order valence-electron chi connectivity index (χ2n) is 5.26. The molecule has 6 heteroatoms. The molecule has 5 nitrogen and oxygen atoms in total. The lowest BCUT2D eigenvalue weighted by Crippen LogP contribution is -2.36. The Morgan fingerprint density at radius 3 is 2.90 bits per heavy atom. The fraction of sp³-hybridized carbons (Fsp3) is 0.400. The maximum absolute atomic E-state index is 12.0. The first-order chi connectivity index (χ1) is 10.2. The van der Waals surface area contributed by atoms with Crippen LogP contribution in [0.2, 0.25) is 0 Å². The summed E-state index contributed by atoms with van der Waals surface area (Å²) in [6.45, 7) is 1.94. The molecule has 0 saturated heterocycles. The predicted molar refractivity (Wildman–Crippen MR) is 84.5 cm³/mol. The van der Waals surface area contributed by atoms with Gasteiger partial charge in [-0.05, 0) is 25.8 Å². The molecule has 2 N–H and O–H groups in total. The van der Waals surface area contributed by atoms with E-state index in [1.165, 1.54) is 24.2 Å². The van der Waals surface area contributed by atoms with Gasteiger partial charge in [0.2, 0.25) is 0 Å². The van der Waals surface area contributed by atoms with Crippen LogP contribution in [0.3, 0.4) is 0 Å². The number of hydrogen-bond donors (Lipinski definition) is 2. The summed E-state index contributed by atoms with van der Waals surface area (Å²) >= 11 is 1.48. The Kier molecular flexibility index (Phi) is 4.15. The van der Waals surface area contributed by atoms with Gasteiger partial charge in [0.1, 0.15) is 0 Å². The van der Waals surface area contributed by atoms with Crippen molar-refractivity contribution in [3.05, 3.63) is 30.2 Å². The summed E-state index contributed by atoms with van der Waals surface area (Å²) in [6, 6.07) is 4.04. The van der Waals surface area contributed by atoms with Crippen LogP contribution >= 0.6 is 11.3 Å². The van der Waals surface area contributed by atoms with E-state index in [0.29, 0.717) is 11.2 Å². The SMILES string of the molecule is Cc1nc(NC(=O)NC2CCCC2)sc1-c1cccnc1. The van der Waals surface area contributed by atoms with Gasteiger partial charge in [-0.15, -0.1) is 0 Å². The number of hydrogen-bond acceptors (Lipinski definition) is 4. The monoisotopic (exact) mass is 302 g/mol. The lowest BCUT2D eigenvalue weighted by molar-refractivity contribution is 0.248. The molecule has 0 spiro atoms. The zero-order chi connectivity index (χ0) is 14.7. The molecule has 1 aliphatic carbocycles. The van der Waals surface area contributed by atoms with Crippen molar-refractivity contribution in [3.8, 4) is 10.4 Å². The zero-order valence-electron chi connectivity index (χ0n) is 11.9. The lowest BCUT2D eigenvalue weighted by Gasteiger charge is -2.11. The Morgan fingerprint density at radius 2 is 2.19 bits per heavy atom. The van der Waals surface area contributed by atoms with Crippen LogP contribution in [-0.2, 0) is 0 Å². The number of urea groups is 1. The van der Waals surface area contributed by atoms with Gasteiger partial charge in [0.25, 0.3) is 0 Å². The Balaban J connectivity index is 1.68. The van der Waals surface area contributed by atoms with Crippen molar-refractivity contribution in [1.29, 1.82) is 0 Å². The highest BCUT2D eigenvalue weighted by Gasteiger charge is 2.18. The van der Waals surface area contributed by atoms with E-state index in [1.807, 2.05) is 25.3 Å². The second kappa shape index (κ2) is 6.22. The average Bonchev–Trinajstić information content (AvgIpc) is 3.09. The van der Waals surface area contributed by atoms with Crippen LogP contribution in [0.1, 0.15) is 31.4 Å². The molecule has 21 heavy (non-hydrogen) atoms. The molecule has 0 radical (unpaired) electrons. The number of aromatic nitrogens is 2. The summed E-state index contributed by atoms with van der Waals surface area (Å²) in [5.41, 5.74) is 1.93. The molecule has 1 aliphatic rings. The number of carbonyl (C=O) groups excluding carboxylic acids is 1. The highest BCUT2D eigenvalue weighted by Crippen LogP contribution is 2.32. The van der Waals surface area contributed by atoms with Gasteiger partial charge in [-0.2, -0.15) is 0 Å². The van der Waals surface area contributed by atoms with E-state index in [2.05, 4.69) is 20.6 Å². The van der Waals surface area contributed by atoms with Crippen LogP contribution in [0, 0.1) is 6.92 Å². The van der Waals surface area contributed by atoms with Crippen molar-refractivity contribution in [1.82, 2.24) is 15.3 Å². The quantitative estimate of drug-likeness (QED) is 0.910. The molecule has 1 saturated carbocycles. The van der Waals surface area contributed by atoms with E-state index in [4.69, 9.17) is 0 Å². The Bertz CT molecular complexity index is 620. The van der Waals surface area contributed by atoms with Crippen molar-refractivity contribution in [2.75, 3.05) is 5.32 Å². The summed E-state index contributed by atoms with van der Waals surface area (Å²) < 4.78 is 0. The van der Waals surface area contributed by atoms with E-state index in [0.717, 1.165) is 29.0 Å². The van der Waals surface area contributed by atoms with Gasteiger partial charge in [-0.1, -0.05) is 30.2 Å². The van der Waals surface area contributed by atoms with Gasteiger partial charge < -0.3 is 5.32 Å². The van der Waals surface area contributed by atoms with E-state index in [-0.39, 0.29) is 6.03 Å². The Hall–Kier alpha value is -1.95. The summed E-state index contributed by atoms with van der Waals surface area (Å²) in [6.07, 6.45) is 8.10. The van der Waals surface area contributed by atoms with E-state index in [1.54, 1.807) is 6.20 Å². The van der Waals surface area contributed by atoms with Gasteiger partial charge in [0.05, 0.1) is 10.6 Å². The molecule has 2 aromatic rings. The average molecular weight is 302 g/mol.